The summed E-state index contributed by atoms with van der Waals surface area (Å²) in [7, 11) is 0. The normalized spacial score (nSPS) is 16.7. The summed E-state index contributed by atoms with van der Waals surface area (Å²) < 4.78 is 5.40. The van der Waals surface area contributed by atoms with Crippen molar-refractivity contribution < 1.29 is 14.3 Å². The van der Waals surface area contributed by atoms with E-state index >= 15 is 0 Å². The number of carbonyl (C=O) groups excluding carboxylic acids is 2. The van der Waals surface area contributed by atoms with Gasteiger partial charge in [0, 0.05) is 51.7 Å². The number of hydrogen-bond donors (Lipinski definition) is 2. The van der Waals surface area contributed by atoms with Gasteiger partial charge < -0.3 is 20.7 Å². The molecule has 1 saturated heterocycles. The Labute approximate surface area is 161 Å². The summed E-state index contributed by atoms with van der Waals surface area (Å²) in [5, 5.41) is 2.93. The Bertz CT molecular complexity index is 607. The van der Waals surface area contributed by atoms with E-state index in [0.717, 1.165) is 25.2 Å². The summed E-state index contributed by atoms with van der Waals surface area (Å²) in [5.74, 6) is -0.0428. The van der Waals surface area contributed by atoms with Crippen molar-refractivity contribution in [3.63, 3.8) is 0 Å². The average Bonchev–Trinajstić information content (AvgIpc) is 2.61. The van der Waals surface area contributed by atoms with Crippen molar-refractivity contribution in [2.24, 2.45) is 5.73 Å². The molecule has 1 aromatic rings. The number of rotatable bonds is 6. The van der Waals surface area contributed by atoms with Gasteiger partial charge in [0.2, 0.25) is 5.91 Å². The van der Waals surface area contributed by atoms with Crippen LogP contribution in [0.15, 0.2) is 30.3 Å². The van der Waals surface area contributed by atoms with Crippen LogP contribution in [-0.2, 0) is 9.53 Å². The van der Waals surface area contributed by atoms with E-state index in [0.29, 0.717) is 19.6 Å². The van der Waals surface area contributed by atoms with Crippen LogP contribution in [0, 0.1) is 0 Å². The molecule has 2 amide bonds. The number of nitrogens with zero attached hydrogens (tertiary/aromatic N) is 2. The van der Waals surface area contributed by atoms with Crippen LogP contribution >= 0.6 is 0 Å². The van der Waals surface area contributed by atoms with Gasteiger partial charge in [-0.1, -0.05) is 30.3 Å². The molecule has 0 saturated carbocycles. The summed E-state index contributed by atoms with van der Waals surface area (Å²) in [6.07, 6.45) is 0.0153. The number of benzene rings is 1. The van der Waals surface area contributed by atoms with Crippen molar-refractivity contribution in [1.29, 1.82) is 0 Å². The number of piperazine rings is 1. The van der Waals surface area contributed by atoms with Crippen LogP contribution in [0.1, 0.15) is 38.8 Å². The minimum atomic E-state index is -0.473. The number of amides is 2. The lowest BCUT2D eigenvalue weighted by Gasteiger charge is -2.35. The molecule has 1 aliphatic heterocycles. The molecular formula is C20H32N4O3. The van der Waals surface area contributed by atoms with Crippen molar-refractivity contribution >= 4 is 12.0 Å². The molecule has 1 atom stereocenters. The molecule has 7 nitrogen and oxygen atoms in total. The van der Waals surface area contributed by atoms with Crippen molar-refractivity contribution in [1.82, 2.24) is 15.1 Å². The third-order valence-corrected chi connectivity index (χ3v) is 4.41. The topological polar surface area (TPSA) is 87.9 Å². The summed E-state index contributed by atoms with van der Waals surface area (Å²) in [4.78, 5) is 28.1. The SMILES string of the molecule is CC(C)(C)OC(=O)N1CCN(CCNC(=O)C[C@@H](N)c2ccccc2)CC1. The molecule has 0 bridgehead atoms. The lowest BCUT2D eigenvalue weighted by molar-refractivity contribution is -0.121. The highest BCUT2D eigenvalue weighted by molar-refractivity contribution is 5.76. The third kappa shape index (κ3) is 7.56. The number of ether oxygens (including phenoxy) is 1. The van der Waals surface area contributed by atoms with Crippen LogP contribution in [0.5, 0.6) is 0 Å². The van der Waals surface area contributed by atoms with Gasteiger partial charge in [-0.25, -0.2) is 4.79 Å². The second-order valence-corrected chi connectivity index (χ2v) is 7.88. The number of hydrogen-bond acceptors (Lipinski definition) is 5. The predicted octanol–water partition coefficient (Wildman–Crippen LogP) is 1.75. The summed E-state index contributed by atoms with van der Waals surface area (Å²) in [6, 6.07) is 9.35. The van der Waals surface area contributed by atoms with E-state index in [2.05, 4.69) is 10.2 Å². The number of nitrogens with two attached hydrogens (primary N) is 1. The largest absolute Gasteiger partial charge is 0.444 e. The molecule has 2 rings (SSSR count). The Morgan fingerprint density at radius 1 is 1.15 bits per heavy atom. The molecule has 27 heavy (non-hydrogen) atoms. The van der Waals surface area contributed by atoms with Crippen molar-refractivity contribution in [3.05, 3.63) is 35.9 Å². The van der Waals surface area contributed by atoms with E-state index in [1.165, 1.54) is 0 Å². The monoisotopic (exact) mass is 376 g/mol. The van der Waals surface area contributed by atoms with Gasteiger partial charge in [0.15, 0.2) is 0 Å². The first kappa shape index (κ1) is 21.2. The van der Waals surface area contributed by atoms with Crippen molar-refractivity contribution in [2.45, 2.75) is 38.8 Å². The second-order valence-electron chi connectivity index (χ2n) is 7.88. The van der Waals surface area contributed by atoms with Crippen LogP contribution in [0.3, 0.4) is 0 Å². The zero-order valence-electron chi connectivity index (χ0n) is 16.6. The lowest BCUT2D eigenvalue weighted by Crippen LogP contribution is -2.51. The zero-order valence-corrected chi connectivity index (χ0v) is 16.6. The molecule has 1 fully saturated rings. The van der Waals surface area contributed by atoms with E-state index in [1.54, 1.807) is 4.90 Å². The number of carbonyl (C=O) groups is 2. The predicted molar refractivity (Wildman–Crippen MR) is 105 cm³/mol. The van der Waals surface area contributed by atoms with Crippen molar-refractivity contribution in [3.8, 4) is 0 Å². The Morgan fingerprint density at radius 3 is 2.37 bits per heavy atom. The van der Waals surface area contributed by atoms with Crippen LogP contribution in [-0.4, -0.2) is 66.7 Å². The highest BCUT2D eigenvalue weighted by Gasteiger charge is 2.25. The van der Waals surface area contributed by atoms with E-state index in [1.807, 2.05) is 51.1 Å². The zero-order chi connectivity index (χ0) is 19.9. The smallest absolute Gasteiger partial charge is 0.410 e. The standard InChI is InChI=1S/C20H32N4O3/c1-20(2,3)27-19(26)24-13-11-23(12-14-24)10-9-22-18(25)15-17(21)16-7-5-4-6-8-16/h4-8,17H,9-15,21H2,1-3H3,(H,22,25)/t17-/m1/s1. The molecule has 3 N–H and O–H groups in total. The van der Waals surface area contributed by atoms with Crippen LogP contribution in [0.25, 0.3) is 0 Å². The first-order valence-corrected chi connectivity index (χ1v) is 9.52. The maximum Gasteiger partial charge on any atom is 0.410 e. The van der Waals surface area contributed by atoms with Gasteiger partial charge in [0.1, 0.15) is 5.60 Å². The van der Waals surface area contributed by atoms with Gasteiger partial charge in [0.25, 0.3) is 0 Å². The van der Waals surface area contributed by atoms with Gasteiger partial charge >= 0.3 is 6.09 Å². The molecule has 1 aliphatic rings. The molecule has 7 heteroatoms. The van der Waals surface area contributed by atoms with E-state index in [-0.39, 0.29) is 24.5 Å². The fourth-order valence-corrected chi connectivity index (χ4v) is 2.92. The van der Waals surface area contributed by atoms with Gasteiger partial charge in [-0.05, 0) is 26.3 Å². The third-order valence-electron chi connectivity index (χ3n) is 4.41. The van der Waals surface area contributed by atoms with Crippen LogP contribution in [0.2, 0.25) is 0 Å². The van der Waals surface area contributed by atoms with E-state index < -0.39 is 5.60 Å². The van der Waals surface area contributed by atoms with Crippen LogP contribution < -0.4 is 11.1 Å². The first-order chi connectivity index (χ1) is 12.7. The molecule has 150 valence electrons. The lowest BCUT2D eigenvalue weighted by atomic mass is 10.0. The molecular weight excluding hydrogens is 344 g/mol. The summed E-state index contributed by atoms with van der Waals surface area (Å²) in [6.45, 7) is 9.77. The molecule has 0 aromatic heterocycles. The maximum atomic E-state index is 12.1. The Kier molecular flexibility index (Phi) is 7.62. The molecule has 0 spiro atoms. The maximum absolute atomic E-state index is 12.1. The molecule has 0 aliphatic carbocycles. The summed E-state index contributed by atoms with van der Waals surface area (Å²) in [5.41, 5.74) is 6.57. The Balaban J connectivity index is 1.63. The first-order valence-electron chi connectivity index (χ1n) is 9.52. The molecule has 1 heterocycles. The minimum absolute atomic E-state index is 0.0428. The minimum Gasteiger partial charge on any atom is -0.444 e. The van der Waals surface area contributed by atoms with E-state index in [9.17, 15) is 9.59 Å². The average molecular weight is 377 g/mol. The highest BCUT2D eigenvalue weighted by Crippen LogP contribution is 2.13. The Hall–Kier alpha value is -2.12. The Morgan fingerprint density at radius 2 is 1.78 bits per heavy atom. The van der Waals surface area contributed by atoms with Gasteiger partial charge in [-0.2, -0.15) is 0 Å². The number of nitrogens with one attached hydrogen (secondary N) is 1. The second kappa shape index (κ2) is 9.71. The van der Waals surface area contributed by atoms with Gasteiger partial charge in [-0.15, -0.1) is 0 Å². The fraction of sp³-hybridized carbons (Fsp3) is 0.600. The van der Waals surface area contributed by atoms with Gasteiger partial charge in [0.05, 0.1) is 0 Å². The van der Waals surface area contributed by atoms with E-state index in [4.69, 9.17) is 10.5 Å². The van der Waals surface area contributed by atoms with Crippen molar-refractivity contribution in [2.75, 3.05) is 39.3 Å². The highest BCUT2D eigenvalue weighted by atomic mass is 16.6. The molecule has 0 unspecified atom stereocenters. The quantitative estimate of drug-likeness (QED) is 0.790. The fourth-order valence-electron chi connectivity index (χ4n) is 2.92. The molecule has 1 aromatic carbocycles. The molecule has 0 radical (unpaired) electrons. The van der Waals surface area contributed by atoms with Crippen LogP contribution in [0.4, 0.5) is 4.79 Å². The van der Waals surface area contributed by atoms with Gasteiger partial charge in [-0.3, -0.25) is 9.69 Å². The summed E-state index contributed by atoms with van der Waals surface area (Å²) >= 11 is 0.